The Balaban J connectivity index is 0.974. The number of aromatic amines is 1. The van der Waals surface area contributed by atoms with E-state index in [4.69, 9.17) is 14.5 Å². The number of benzene rings is 3. The minimum Gasteiger partial charge on any atom is -0.453 e. The number of methoxy groups -OCH3 is 2. The first-order valence-electron chi connectivity index (χ1n) is 19.4. The van der Waals surface area contributed by atoms with Crippen molar-refractivity contribution in [3.05, 3.63) is 131 Å². The topological polar surface area (TPSA) is 188 Å². The van der Waals surface area contributed by atoms with Gasteiger partial charge in [-0.25, -0.2) is 19.6 Å². The predicted molar refractivity (Wildman–Crippen MR) is 217 cm³/mol. The third-order valence-electron chi connectivity index (χ3n) is 10.5. The summed E-state index contributed by atoms with van der Waals surface area (Å²) < 4.78 is 9.57. The van der Waals surface area contributed by atoms with E-state index in [1.165, 1.54) is 20.4 Å². The van der Waals surface area contributed by atoms with Crippen molar-refractivity contribution in [2.24, 2.45) is 0 Å². The van der Waals surface area contributed by atoms with Gasteiger partial charge in [0, 0.05) is 43.0 Å². The van der Waals surface area contributed by atoms with Crippen LogP contribution in [0.15, 0.2) is 97.2 Å². The van der Waals surface area contributed by atoms with E-state index in [9.17, 15) is 24.0 Å². The first kappa shape index (κ1) is 40.0. The minimum absolute atomic E-state index is 0.211. The zero-order valence-corrected chi connectivity index (χ0v) is 32.6. The van der Waals surface area contributed by atoms with Gasteiger partial charge in [0.15, 0.2) is 0 Å². The highest BCUT2D eigenvalue weighted by atomic mass is 16.5. The fraction of sp³-hybridized carbons (Fsp3) is 0.295. The summed E-state index contributed by atoms with van der Waals surface area (Å²) in [5.41, 5.74) is 4.33. The smallest absolute Gasteiger partial charge is 0.407 e. The standard InChI is InChI=1S/C44H44N8O7/c1-58-43(56)49-37(30-11-5-3-6-12-30)41(54)51-23-9-15-32(51)27-46-40(53)34-22-20-29(26-45-34)18-17-28-19-21-33-35(25-28)48-39(47-33)36-16-10-24-52(36)42(55)38(50-44(57)59-2)31-13-7-4-8-14-31/h3-8,11-14,19-22,25-26,32,36-38H,9-10,15-16,23-24,27H2,1-2H3,(H,46,53)(H,47,48)(H,49,56)(H,50,57)/t32-,36-,37+,38+/m0/s1. The highest BCUT2D eigenvalue weighted by Crippen LogP contribution is 2.34. The summed E-state index contributed by atoms with van der Waals surface area (Å²) in [6.45, 7) is 1.24. The molecule has 59 heavy (non-hydrogen) atoms. The second-order valence-electron chi connectivity index (χ2n) is 14.2. The van der Waals surface area contributed by atoms with E-state index < -0.39 is 24.3 Å². The van der Waals surface area contributed by atoms with E-state index in [-0.39, 0.29) is 42.0 Å². The normalized spacial score (nSPS) is 17.0. The first-order chi connectivity index (χ1) is 28.7. The number of aromatic nitrogens is 3. The lowest BCUT2D eigenvalue weighted by atomic mass is 10.1. The summed E-state index contributed by atoms with van der Waals surface area (Å²) in [6, 6.07) is 24.6. The summed E-state index contributed by atoms with van der Waals surface area (Å²) in [4.78, 5) is 80.9. The maximum absolute atomic E-state index is 13.9. The molecule has 0 unspecified atom stereocenters. The van der Waals surface area contributed by atoms with E-state index in [1.807, 2.05) is 42.5 Å². The van der Waals surface area contributed by atoms with Crippen LogP contribution >= 0.6 is 0 Å². The quantitative estimate of drug-likeness (QED) is 0.142. The molecule has 4 heterocycles. The third-order valence-corrected chi connectivity index (χ3v) is 10.5. The molecule has 2 aliphatic rings. The van der Waals surface area contributed by atoms with Crippen LogP contribution in [0.25, 0.3) is 11.0 Å². The molecular formula is C44H44N8O7. The van der Waals surface area contributed by atoms with Crippen molar-refractivity contribution in [1.82, 2.24) is 40.7 Å². The SMILES string of the molecule is COC(=O)N[C@@H](C(=O)N1CCC[C@H]1CNC(=O)c1ccc(C#Cc2ccc3nc([C@@H]4CCCN4C(=O)[C@H](NC(=O)OC)c4ccccc4)[nH]c3c2)cn1)c1ccccc1. The lowest BCUT2D eigenvalue weighted by Gasteiger charge is -2.29. The van der Waals surface area contributed by atoms with Crippen molar-refractivity contribution >= 4 is 40.9 Å². The summed E-state index contributed by atoms with van der Waals surface area (Å²) in [5.74, 6) is 6.00. The fourth-order valence-corrected chi connectivity index (χ4v) is 7.52. The molecule has 2 aromatic heterocycles. The molecule has 4 atom stereocenters. The molecule has 7 rings (SSSR count). The Bertz CT molecular complexity index is 2380. The third kappa shape index (κ3) is 9.34. The van der Waals surface area contributed by atoms with Crippen LogP contribution in [0.2, 0.25) is 0 Å². The number of carbonyl (C=O) groups excluding carboxylic acids is 5. The van der Waals surface area contributed by atoms with Gasteiger partial charge >= 0.3 is 12.2 Å². The van der Waals surface area contributed by atoms with Crippen LogP contribution in [0.3, 0.4) is 0 Å². The number of hydrogen-bond donors (Lipinski definition) is 4. The molecule has 0 saturated carbocycles. The Morgan fingerprint density at radius 2 is 1.36 bits per heavy atom. The number of amides is 5. The molecule has 15 heteroatoms. The molecule has 0 aliphatic carbocycles. The Morgan fingerprint density at radius 3 is 1.98 bits per heavy atom. The zero-order chi connectivity index (χ0) is 41.3. The summed E-state index contributed by atoms with van der Waals surface area (Å²) in [5, 5.41) is 8.24. The number of rotatable bonds is 10. The van der Waals surface area contributed by atoms with Crippen LogP contribution in [0, 0.1) is 11.8 Å². The average molecular weight is 797 g/mol. The number of ether oxygens (including phenoxy) is 2. The van der Waals surface area contributed by atoms with E-state index in [0.29, 0.717) is 48.4 Å². The molecule has 0 bridgehead atoms. The minimum atomic E-state index is -0.924. The van der Waals surface area contributed by atoms with Gasteiger partial charge in [-0.2, -0.15) is 0 Å². The number of fused-ring (bicyclic) bond motifs is 1. The maximum atomic E-state index is 13.9. The molecule has 0 spiro atoms. The zero-order valence-electron chi connectivity index (χ0n) is 32.6. The molecule has 2 aliphatic heterocycles. The number of H-pyrrole nitrogens is 1. The van der Waals surface area contributed by atoms with Crippen molar-refractivity contribution in [1.29, 1.82) is 0 Å². The van der Waals surface area contributed by atoms with Crippen molar-refractivity contribution in [2.75, 3.05) is 33.9 Å². The van der Waals surface area contributed by atoms with Gasteiger partial charge in [-0.3, -0.25) is 14.4 Å². The number of imidazole rings is 1. The molecule has 5 amide bonds. The number of nitrogens with one attached hydrogen (secondary N) is 4. The van der Waals surface area contributed by atoms with E-state index >= 15 is 0 Å². The van der Waals surface area contributed by atoms with E-state index in [0.717, 1.165) is 29.4 Å². The molecule has 4 N–H and O–H groups in total. The molecule has 2 saturated heterocycles. The predicted octanol–water partition coefficient (Wildman–Crippen LogP) is 4.94. The lowest BCUT2D eigenvalue weighted by Crippen LogP contribution is -2.48. The van der Waals surface area contributed by atoms with Gasteiger partial charge in [-0.1, -0.05) is 72.5 Å². The monoisotopic (exact) mass is 796 g/mol. The van der Waals surface area contributed by atoms with Gasteiger partial charge in [0.2, 0.25) is 5.91 Å². The summed E-state index contributed by atoms with van der Waals surface area (Å²) >= 11 is 0. The van der Waals surface area contributed by atoms with Crippen molar-refractivity contribution in [3.63, 3.8) is 0 Å². The number of carbonyl (C=O) groups is 5. The molecule has 3 aromatic carbocycles. The first-order valence-corrected chi connectivity index (χ1v) is 19.4. The number of alkyl carbamates (subject to hydrolysis) is 2. The van der Waals surface area contributed by atoms with Crippen molar-refractivity contribution in [2.45, 2.75) is 49.9 Å². The van der Waals surface area contributed by atoms with Gasteiger partial charge in [0.25, 0.3) is 11.8 Å². The van der Waals surface area contributed by atoms with Crippen LogP contribution < -0.4 is 16.0 Å². The molecular weight excluding hydrogens is 753 g/mol. The average Bonchev–Trinajstić information content (AvgIpc) is 4.06. The fourth-order valence-electron chi connectivity index (χ4n) is 7.52. The van der Waals surface area contributed by atoms with Crippen LogP contribution in [0.1, 0.15) is 82.4 Å². The van der Waals surface area contributed by atoms with Crippen LogP contribution in [0.4, 0.5) is 9.59 Å². The number of pyridine rings is 1. The Labute approximate surface area is 340 Å². The van der Waals surface area contributed by atoms with Gasteiger partial charge in [0.05, 0.1) is 31.3 Å². The van der Waals surface area contributed by atoms with Crippen molar-refractivity contribution in [3.8, 4) is 11.8 Å². The Morgan fingerprint density at radius 1 is 0.763 bits per heavy atom. The Kier molecular flexibility index (Phi) is 12.5. The second kappa shape index (κ2) is 18.4. The van der Waals surface area contributed by atoms with Gasteiger partial charge in [-0.05, 0) is 67.1 Å². The molecule has 5 aromatic rings. The second-order valence-corrected chi connectivity index (χ2v) is 14.2. The number of likely N-dealkylation sites (tertiary alicyclic amines) is 2. The molecule has 0 radical (unpaired) electrons. The Hall–Kier alpha value is -7.21. The number of hydrogen-bond acceptors (Lipinski definition) is 9. The largest absolute Gasteiger partial charge is 0.453 e. The summed E-state index contributed by atoms with van der Waals surface area (Å²) in [6.07, 6.45) is 3.09. The van der Waals surface area contributed by atoms with Crippen molar-refractivity contribution < 1.29 is 33.4 Å². The molecule has 302 valence electrons. The van der Waals surface area contributed by atoms with E-state index in [2.05, 4.69) is 37.8 Å². The summed E-state index contributed by atoms with van der Waals surface area (Å²) in [7, 11) is 2.51. The number of nitrogens with zero attached hydrogens (tertiary/aromatic N) is 4. The van der Waals surface area contributed by atoms with E-state index in [1.54, 1.807) is 58.3 Å². The van der Waals surface area contributed by atoms with Gasteiger partial charge < -0.3 is 40.2 Å². The van der Waals surface area contributed by atoms with Gasteiger partial charge in [-0.15, -0.1) is 0 Å². The van der Waals surface area contributed by atoms with Crippen LogP contribution in [-0.4, -0.2) is 94.6 Å². The van der Waals surface area contributed by atoms with Gasteiger partial charge in [0.1, 0.15) is 23.6 Å². The maximum Gasteiger partial charge on any atom is 0.407 e. The highest BCUT2D eigenvalue weighted by Gasteiger charge is 2.38. The lowest BCUT2D eigenvalue weighted by molar-refractivity contribution is -0.135. The van der Waals surface area contributed by atoms with Crippen LogP contribution in [-0.2, 0) is 19.1 Å². The van der Waals surface area contributed by atoms with Crippen LogP contribution in [0.5, 0.6) is 0 Å². The highest BCUT2D eigenvalue weighted by molar-refractivity contribution is 5.92. The molecule has 15 nitrogen and oxygen atoms in total. The molecule has 2 fully saturated rings.